The average Bonchev–Trinajstić information content (AvgIpc) is 2.50. The lowest BCUT2D eigenvalue weighted by molar-refractivity contribution is -0.119. The zero-order valence-corrected chi connectivity index (χ0v) is 14.7. The third-order valence-electron chi connectivity index (χ3n) is 3.83. The smallest absolute Gasteiger partial charge is 0.227 e. The Balaban J connectivity index is 2.16. The molecular weight excluding hydrogens is 329 g/mol. The van der Waals surface area contributed by atoms with E-state index in [1.54, 1.807) is 38.1 Å². The molecule has 0 aliphatic carbocycles. The van der Waals surface area contributed by atoms with Gasteiger partial charge in [-0.25, -0.2) is 12.8 Å². The van der Waals surface area contributed by atoms with E-state index in [0.717, 1.165) is 11.8 Å². The normalized spacial score (nSPS) is 12.7. The number of rotatable bonds is 5. The first kappa shape index (κ1) is 18.1. The number of amides is 1. The van der Waals surface area contributed by atoms with Crippen LogP contribution in [0, 0.1) is 18.7 Å². The van der Waals surface area contributed by atoms with E-state index in [4.69, 9.17) is 0 Å². The van der Waals surface area contributed by atoms with Crippen molar-refractivity contribution in [1.29, 1.82) is 0 Å². The molecule has 4 nitrogen and oxygen atoms in total. The van der Waals surface area contributed by atoms with Crippen LogP contribution in [-0.4, -0.2) is 20.6 Å². The summed E-state index contributed by atoms with van der Waals surface area (Å²) in [4.78, 5) is 12.5. The van der Waals surface area contributed by atoms with E-state index in [1.807, 2.05) is 0 Å². The third-order valence-corrected chi connectivity index (χ3v) is 4.94. The van der Waals surface area contributed by atoms with Gasteiger partial charge in [0.1, 0.15) is 5.82 Å². The van der Waals surface area contributed by atoms with E-state index in [2.05, 4.69) is 5.32 Å². The number of anilines is 1. The van der Waals surface area contributed by atoms with Gasteiger partial charge >= 0.3 is 0 Å². The number of benzene rings is 2. The molecule has 1 atom stereocenters. The predicted molar refractivity (Wildman–Crippen MR) is 92.2 cm³/mol. The van der Waals surface area contributed by atoms with Crippen molar-refractivity contribution in [2.45, 2.75) is 25.2 Å². The van der Waals surface area contributed by atoms with Crippen molar-refractivity contribution < 1.29 is 17.6 Å². The monoisotopic (exact) mass is 349 g/mol. The highest BCUT2D eigenvalue weighted by Gasteiger charge is 2.17. The number of hydrogen-bond donors (Lipinski definition) is 1. The van der Waals surface area contributed by atoms with Gasteiger partial charge in [0.05, 0.1) is 4.90 Å². The molecule has 0 saturated carbocycles. The molecule has 0 bridgehead atoms. The van der Waals surface area contributed by atoms with Gasteiger partial charge in [-0.05, 0) is 42.7 Å². The van der Waals surface area contributed by atoms with Gasteiger partial charge in [-0.1, -0.05) is 31.2 Å². The maximum Gasteiger partial charge on any atom is 0.227 e. The van der Waals surface area contributed by atoms with Crippen LogP contribution in [0.1, 0.15) is 18.1 Å². The first-order valence-corrected chi connectivity index (χ1v) is 9.42. The van der Waals surface area contributed by atoms with Gasteiger partial charge in [0.2, 0.25) is 5.91 Å². The summed E-state index contributed by atoms with van der Waals surface area (Å²) < 4.78 is 37.0. The maximum atomic E-state index is 13.7. The van der Waals surface area contributed by atoms with E-state index < -0.39 is 15.8 Å². The molecular formula is C18H20FNO3S. The minimum Gasteiger partial charge on any atom is -0.326 e. The molecule has 2 rings (SSSR count). The van der Waals surface area contributed by atoms with E-state index >= 15 is 0 Å². The fourth-order valence-electron chi connectivity index (χ4n) is 2.31. The molecule has 0 radical (unpaired) electrons. The van der Waals surface area contributed by atoms with Crippen LogP contribution in [0.4, 0.5) is 10.1 Å². The molecule has 0 aromatic heterocycles. The molecule has 0 fully saturated rings. The predicted octanol–water partition coefficient (Wildman–Crippen LogP) is 3.35. The number of nitrogens with one attached hydrogen (secondary N) is 1. The lowest BCUT2D eigenvalue weighted by Crippen LogP contribution is -2.23. The Morgan fingerprint density at radius 2 is 1.88 bits per heavy atom. The second kappa shape index (κ2) is 7.13. The number of halogens is 1. The van der Waals surface area contributed by atoms with Gasteiger partial charge in [0.15, 0.2) is 9.84 Å². The third kappa shape index (κ3) is 4.41. The van der Waals surface area contributed by atoms with Crippen LogP contribution in [-0.2, 0) is 21.1 Å². The van der Waals surface area contributed by atoms with E-state index in [9.17, 15) is 17.6 Å². The number of carbonyl (C=O) groups is 1. The Bertz CT molecular complexity index is 862. The molecule has 0 saturated heterocycles. The zero-order valence-electron chi connectivity index (χ0n) is 13.8. The van der Waals surface area contributed by atoms with Crippen LogP contribution in [0.25, 0.3) is 0 Å². The Labute approximate surface area is 141 Å². The minimum absolute atomic E-state index is 0.144. The molecule has 6 heteroatoms. The molecule has 2 aromatic carbocycles. The minimum atomic E-state index is -3.35. The lowest BCUT2D eigenvalue weighted by Gasteiger charge is -2.15. The number of sulfone groups is 1. The van der Waals surface area contributed by atoms with Gasteiger partial charge < -0.3 is 5.32 Å². The standard InChI is InChI=1S/C18H20FNO3S/c1-12-8-9-15(24(3,22)23)11-17(12)20-18(21)13(2)10-14-6-4-5-7-16(14)19/h4-9,11,13H,10H2,1-3H3,(H,20,21). The van der Waals surface area contributed by atoms with Gasteiger partial charge in [0.25, 0.3) is 0 Å². The molecule has 1 amide bonds. The van der Waals surface area contributed by atoms with E-state index in [1.165, 1.54) is 18.2 Å². The molecule has 0 spiro atoms. The Kier molecular flexibility index (Phi) is 5.39. The number of carbonyl (C=O) groups excluding carboxylic acids is 1. The highest BCUT2D eigenvalue weighted by atomic mass is 32.2. The molecule has 0 aliphatic rings. The van der Waals surface area contributed by atoms with Crippen molar-refractivity contribution in [2.24, 2.45) is 5.92 Å². The molecule has 1 N–H and O–H groups in total. The van der Waals surface area contributed by atoms with E-state index in [-0.39, 0.29) is 23.0 Å². The summed E-state index contributed by atoms with van der Waals surface area (Å²) in [6.45, 7) is 3.49. The van der Waals surface area contributed by atoms with Gasteiger partial charge in [0, 0.05) is 17.9 Å². The summed E-state index contributed by atoms with van der Waals surface area (Å²) in [6, 6.07) is 10.9. The summed E-state index contributed by atoms with van der Waals surface area (Å²) in [7, 11) is -3.35. The summed E-state index contributed by atoms with van der Waals surface area (Å²) in [5, 5.41) is 2.74. The quantitative estimate of drug-likeness (QED) is 0.900. The largest absolute Gasteiger partial charge is 0.326 e. The van der Waals surface area contributed by atoms with Gasteiger partial charge in [-0.2, -0.15) is 0 Å². The molecule has 2 aromatic rings. The fourth-order valence-corrected chi connectivity index (χ4v) is 2.96. The Morgan fingerprint density at radius 1 is 1.21 bits per heavy atom. The second-order valence-electron chi connectivity index (χ2n) is 5.93. The van der Waals surface area contributed by atoms with Gasteiger partial charge in [-0.15, -0.1) is 0 Å². The Morgan fingerprint density at radius 3 is 2.50 bits per heavy atom. The van der Waals surface area contributed by atoms with Gasteiger partial charge in [-0.3, -0.25) is 4.79 Å². The number of aryl methyl sites for hydroxylation is 1. The molecule has 128 valence electrons. The zero-order chi connectivity index (χ0) is 17.9. The van der Waals surface area contributed by atoms with E-state index in [0.29, 0.717) is 11.3 Å². The Hall–Kier alpha value is -2.21. The van der Waals surface area contributed by atoms with Crippen molar-refractivity contribution in [2.75, 3.05) is 11.6 Å². The fraction of sp³-hybridized carbons (Fsp3) is 0.278. The first-order valence-electron chi connectivity index (χ1n) is 7.53. The topological polar surface area (TPSA) is 63.2 Å². The molecule has 0 heterocycles. The van der Waals surface area contributed by atoms with Crippen molar-refractivity contribution >= 4 is 21.4 Å². The van der Waals surface area contributed by atoms with Crippen LogP contribution < -0.4 is 5.32 Å². The first-order chi connectivity index (χ1) is 11.2. The molecule has 24 heavy (non-hydrogen) atoms. The van der Waals surface area contributed by atoms with Crippen LogP contribution in [0.5, 0.6) is 0 Å². The second-order valence-corrected chi connectivity index (χ2v) is 7.95. The summed E-state index contributed by atoms with van der Waals surface area (Å²) >= 11 is 0. The van der Waals surface area contributed by atoms with Crippen LogP contribution >= 0.6 is 0 Å². The molecule has 1 unspecified atom stereocenters. The average molecular weight is 349 g/mol. The van der Waals surface area contributed by atoms with Crippen molar-refractivity contribution in [1.82, 2.24) is 0 Å². The van der Waals surface area contributed by atoms with Crippen LogP contribution in [0.3, 0.4) is 0 Å². The summed E-state index contributed by atoms with van der Waals surface area (Å²) in [5.41, 5.74) is 1.68. The lowest BCUT2D eigenvalue weighted by atomic mass is 9.99. The number of hydrogen-bond acceptors (Lipinski definition) is 3. The highest BCUT2D eigenvalue weighted by Crippen LogP contribution is 2.21. The highest BCUT2D eigenvalue weighted by molar-refractivity contribution is 7.90. The van der Waals surface area contributed by atoms with Crippen molar-refractivity contribution in [3.63, 3.8) is 0 Å². The summed E-state index contributed by atoms with van der Waals surface area (Å²) in [6.07, 6.45) is 1.38. The SMILES string of the molecule is Cc1ccc(S(C)(=O)=O)cc1NC(=O)C(C)Cc1ccccc1F. The van der Waals surface area contributed by atoms with Crippen LogP contribution in [0.15, 0.2) is 47.4 Å². The molecule has 0 aliphatic heterocycles. The summed E-state index contributed by atoms with van der Waals surface area (Å²) in [5.74, 6) is -1.08. The maximum absolute atomic E-state index is 13.7. The van der Waals surface area contributed by atoms with Crippen LogP contribution in [0.2, 0.25) is 0 Å². The van der Waals surface area contributed by atoms with Crippen molar-refractivity contribution in [3.8, 4) is 0 Å². The van der Waals surface area contributed by atoms with Crippen molar-refractivity contribution in [3.05, 3.63) is 59.4 Å².